The van der Waals surface area contributed by atoms with Crippen LogP contribution < -0.4 is 5.32 Å². The first-order chi connectivity index (χ1) is 7.88. The predicted octanol–water partition coefficient (Wildman–Crippen LogP) is 1.69. The summed E-state index contributed by atoms with van der Waals surface area (Å²) in [6.07, 6.45) is 3.66. The average Bonchev–Trinajstić information content (AvgIpc) is 2.34. The first kappa shape index (κ1) is 14.0. The summed E-state index contributed by atoms with van der Waals surface area (Å²) >= 11 is 0. The molecule has 0 saturated carbocycles. The number of nitrogens with zero attached hydrogens (tertiary/aromatic N) is 1. The normalized spacial score (nSPS) is 22.0. The average molecular weight is 240 g/mol. The molecule has 17 heavy (non-hydrogen) atoms. The third-order valence-electron chi connectivity index (χ3n) is 3.33. The monoisotopic (exact) mass is 240 g/mol. The fraction of sp³-hybridized carbons (Fsp3) is 0.846. The summed E-state index contributed by atoms with van der Waals surface area (Å²) in [4.78, 5) is 25.7. The second-order valence-corrected chi connectivity index (χ2v) is 5.41. The van der Waals surface area contributed by atoms with E-state index in [1.165, 1.54) is 0 Å². The first-order valence-electron chi connectivity index (χ1n) is 6.50. The Kier molecular flexibility index (Phi) is 4.54. The van der Waals surface area contributed by atoms with Crippen LogP contribution in [0.25, 0.3) is 0 Å². The highest BCUT2D eigenvalue weighted by Gasteiger charge is 2.37. The van der Waals surface area contributed by atoms with E-state index in [-0.39, 0.29) is 17.9 Å². The minimum atomic E-state index is -0.770. The lowest BCUT2D eigenvalue weighted by atomic mass is 10.0. The quantitative estimate of drug-likeness (QED) is 0.813. The lowest BCUT2D eigenvalue weighted by Crippen LogP contribution is -2.54. The van der Waals surface area contributed by atoms with E-state index in [1.54, 1.807) is 13.8 Å². The van der Waals surface area contributed by atoms with Crippen LogP contribution in [0.2, 0.25) is 0 Å². The standard InChI is InChI=1S/C13H24N2O2/c1-5-6-7-10(2)15-9-8-11(16)14-13(3,4)12(15)17/h10H,5-9H2,1-4H3,(H,14,16). The molecule has 0 radical (unpaired) electrons. The number of unbranched alkanes of at least 4 members (excludes halogenated alkanes) is 1. The Morgan fingerprint density at radius 2 is 2.06 bits per heavy atom. The maximum atomic E-state index is 12.3. The molecule has 1 atom stereocenters. The zero-order chi connectivity index (χ0) is 13.1. The molecule has 0 spiro atoms. The van der Waals surface area contributed by atoms with E-state index in [2.05, 4.69) is 19.2 Å². The maximum Gasteiger partial charge on any atom is 0.247 e. The predicted molar refractivity (Wildman–Crippen MR) is 67.5 cm³/mol. The SMILES string of the molecule is CCCCC(C)N1CCC(=O)NC(C)(C)C1=O. The molecule has 1 unspecified atom stereocenters. The molecule has 0 aromatic heterocycles. The van der Waals surface area contributed by atoms with Crippen molar-refractivity contribution in [3.8, 4) is 0 Å². The summed E-state index contributed by atoms with van der Waals surface area (Å²) in [6, 6.07) is 0.217. The second-order valence-electron chi connectivity index (χ2n) is 5.41. The third kappa shape index (κ3) is 3.45. The van der Waals surface area contributed by atoms with Crippen LogP contribution in [-0.4, -0.2) is 34.8 Å². The van der Waals surface area contributed by atoms with E-state index >= 15 is 0 Å². The highest BCUT2D eigenvalue weighted by atomic mass is 16.2. The molecule has 4 heteroatoms. The van der Waals surface area contributed by atoms with Gasteiger partial charge in [0.25, 0.3) is 0 Å². The third-order valence-corrected chi connectivity index (χ3v) is 3.33. The fourth-order valence-corrected chi connectivity index (χ4v) is 2.22. The number of amides is 2. The Balaban J connectivity index is 2.76. The largest absolute Gasteiger partial charge is 0.342 e. The van der Waals surface area contributed by atoms with Crippen molar-refractivity contribution in [2.24, 2.45) is 0 Å². The van der Waals surface area contributed by atoms with Gasteiger partial charge in [0.05, 0.1) is 0 Å². The van der Waals surface area contributed by atoms with Crippen molar-refractivity contribution in [1.82, 2.24) is 10.2 Å². The van der Waals surface area contributed by atoms with Crippen molar-refractivity contribution in [2.75, 3.05) is 6.54 Å². The van der Waals surface area contributed by atoms with Gasteiger partial charge in [-0.15, -0.1) is 0 Å². The minimum Gasteiger partial charge on any atom is -0.342 e. The zero-order valence-electron chi connectivity index (χ0n) is 11.4. The molecule has 0 bridgehead atoms. The van der Waals surface area contributed by atoms with Gasteiger partial charge in [-0.3, -0.25) is 9.59 Å². The topological polar surface area (TPSA) is 49.4 Å². The van der Waals surface area contributed by atoms with Crippen LogP contribution in [0.4, 0.5) is 0 Å². The van der Waals surface area contributed by atoms with Crippen LogP contribution in [0.5, 0.6) is 0 Å². The number of hydrogen-bond acceptors (Lipinski definition) is 2. The van der Waals surface area contributed by atoms with Gasteiger partial charge in [-0.2, -0.15) is 0 Å². The number of hydrogen-bond donors (Lipinski definition) is 1. The molecular formula is C13H24N2O2. The van der Waals surface area contributed by atoms with E-state index in [0.717, 1.165) is 19.3 Å². The first-order valence-corrected chi connectivity index (χ1v) is 6.50. The Hall–Kier alpha value is -1.06. The molecule has 0 aliphatic carbocycles. The van der Waals surface area contributed by atoms with Gasteiger partial charge in [0.1, 0.15) is 5.54 Å². The van der Waals surface area contributed by atoms with Gasteiger partial charge in [0.2, 0.25) is 11.8 Å². The van der Waals surface area contributed by atoms with Crippen LogP contribution in [-0.2, 0) is 9.59 Å². The van der Waals surface area contributed by atoms with Gasteiger partial charge in [-0.05, 0) is 27.2 Å². The Labute approximate surface area is 104 Å². The molecule has 1 heterocycles. The van der Waals surface area contributed by atoms with E-state index in [0.29, 0.717) is 13.0 Å². The van der Waals surface area contributed by atoms with Crippen LogP contribution in [0.3, 0.4) is 0 Å². The van der Waals surface area contributed by atoms with Crippen molar-refractivity contribution < 1.29 is 9.59 Å². The highest BCUT2D eigenvalue weighted by Crippen LogP contribution is 2.18. The molecule has 1 fully saturated rings. The highest BCUT2D eigenvalue weighted by molar-refractivity contribution is 5.92. The molecule has 1 aliphatic rings. The van der Waals surface area contributed by atoms with Crippen molar-refractivity contribution in [3.05, 3.63) is 0 Å². The van der Waals surface area contributed by atoms with Gasteiger partial charge < -0.3 is 10.2 Å². The Morgan fingerprint density at radius 1 is 1.41 bits per heavy atom. The summed E-state index contributed by atoms with van der Waals surface area (Å²) in [7, 11) is 0. The molecule has 1 aliphatic heterocycles. The number of rotatable bonds is 4. The summed E-state index contributed by atoms with van der Waals surface area (Å²) < 4.78 is 0. The van der Waals surface area contributed by atoms with Crippen molar-refractivity contribution in [2.45, 2.75) is 65.0 Å². The number of carbonyl (C=O) groups excluding carboxylic acids is 2. The molecule has 1 saturated heterocycles. The van der Waals surface area contributed by atoms with Gasteiger partial charge in [0, 0.05) is 19.0 Å². The molecule has 98 valence electrons. The maximum absolute atomic E-state index is 12.3. The zero-order valence-corrected chi connectivity index (χ0v) is 11.4. The molecule has 0 aromatic carbocycles. The molecule has 2 amide bonds. The Bertz CT molecular complexity index is 300. The molecule has 0 aromatic rings. The number of carbonyl (C=O) groups is 2. The molecule has 1 N–H and O–H groups in total. The van der Waals surface area contributed by atoms with Gasteiger partial charge >= 0.3 is 0 Å². The van der Waals surface area contributed by atoms with Crippen LogP contribution in [0.1, 0.15) is 53.4 Å². The van der Waals surface area contributed by atoms with E-state index in [9.17, 15) is 9.59 Å². The van der Waals surface area contributed by atoms with Crippen molar-refractivity contribution in [1.29, 1.82) is 0 Å². The van der Waals surface area contributed by atoms with Gasteiger partial charge in [0.15, 0.2) is 0 Å². The Morgan fingerprint density at radius 3 is 2.65 bits per heavy atom. The van der Waals surface area contributed by atoms with Crippen LogP contribution in [0.15, 0.2) is 0 Å². The summed E-state index contributed by atoms with van der Waals surface area (Å²) in [6.45, 7) is 8.31. The number of nitrogens with one attached hydrogen (secondary N) is 1. The molecule has 1 rings (SSSR count). The lowest BCUT2D eigenvalue weighted by molar-refractivity contribution is -0.139. The smallest absolute Gasteiger partial charge is 0.247 e. The summed E-state index contributed by atoms with van der Waals surface area (Å²) in [5.41, 5.74) is -0.770. The van der Waals surface area contributed by atoms with Gasteiger partial charge in [-0.25, -0.2) is 0 Å². The van der Waals surface area contributed by atoms with Gasteiger partial charge in [-0.1, -0.05) is 19.8 Å². The summed E-state index contributed by atoms with van der Waals surface area (Å²) in [5.74, 6) is 0.000458. The van der Waals surface area contributed by atoms with Crippen molar-refractivity contribution >= 4 is 11.8 Å². The minimum absolute atomic E-state index is 0.0338. The lowest BCUT2D eigenvalue weighted by Gasteiger charge is -2.33. The van der Waals surface area contributed by atoms with Crippen molar-refractivity contribution in [3.63, 3.8) is 0 Å². The molecule has 4 nitrogen and oxygen atoms in total. The van der Waals surface area contributed by atoms with E-state index in [4.69, 9.17) is 0 Å². The second kappa shape index (κ2) is 5.52. The fourth-order valence-electron chi connectivity index (χ4n) is 2.22. The molecular weight excluding hydrogens is 216 g/mol. The van der Waals surface area contributed by atoms with E-state index < -0.39 is 5.54 Å². The van der Waals surface area contributed by atoms with Crippen LogP contribution in [0, 0.1) is 0 Å². The summed E-state index contributed by atoms with van der Waals surface area (Å²) in [5, 5.41) is 2.78. The van der Waals surface area contributed by atoms with Crippen LogP contribution >= 0.6 is 0 Å². The van der Waals surface area contributed by atoms with E-state index in [1.807, 2.05) is 4.90 Å².